The second-order valence-electron chi connectivity index (χ2n) is 4.94. The van der Waals surface area contributed by atoms with Gasteiger partial charge < -0.3 is 14.6 Å². The van der Waals surface area contributed by atoms with E-state index in [1.807, 2.05) is 6.92 Å². The first-order chi connectivity index (χ1) is 9.63. The van der Waals surface area contributed by atoms with Crippen LogP contribution in [0.2, 0.25) is 0 Å². The summed E-state index contributed by atoms with van der Waals surface area (Å²) in [6.07, 6.45) is 3.32. The van der Waals surface area contributed by atoms with Crippen LogP contribution < -0.4 is 0 Å². The van der Waals surface area contributed by atoms with Crippen LogP contribution in [0.5, 0.6) is 0 Å². The molecule has 2 aromatic heterocycles. The van der Waals surface area contributed by atoms with Gasteiger partial charge in [-0.3, -0.25) is 9.48 Å². The molecule has 2 aromatic rings. The van der Waals surface area contributed by atoms with E-state index in [0.29, 0.717) is 25.4 Å². The lowest BCUT2D eigenvalue weighted by atomic mass is 10.2. The standard InChI is InChI=1S/C13H17N5O2/c1-9-7-14-12(15-9)11-8-18(5-6-20-11)13(19)10-3-4-17(2)16-10/h3-4,7,11H,5-6,8H2,1-2H3,(H,14,15)/t11-/m0/s1. The van der Waals surface area contributed by atoms with E-state index in [0.717, 1.165) is 11.5 Å². The van der Waals surface area contributed by atoms with E-state index in [-0.39, 0.29) is 12.0 Å². The molecule has 1 aliphatic rings. The maximum absolute atomic E-state index is 12.4. The summed E-state index contributed by atoms with van der Waals surface area (Å²) in [6.45, 7) is 3.51. The molecule has 3 rings (SSSR count). The maximum atomic E-state index is 12.4. The zero-order chi connectivity index (χ0) is 14.1. The van der Waals surface area contributed by atoms with Crippen molar-refractivity contribution in [1.29, 1.82) is 0 Å². The molecule has 7 heteroatoms. The first-order valence-electron chi connectivity index (χ1n) is 6.55. The maximum Gasteiger partial charge on any atom is 0.274 e. The van der Waals surface area contributed by atoms with Crippen molar-refractivity contribution in [3.63, 3.8) is 0 Å². The molecule has 0 saturated carbocycles. The molecule has 7 nitrogen and oxygen atoms in total. The van der Waals surface area contributed by atoms with Crippen LogP contribution in [0.3, 0.4) is 0 Å². The summed E-state index contributed by atoms with van der Waals surface area (Å²) in [5.74, 6) is 0.697. The van der Waals surface area contributed by atoms with E-state index >= 15 is 0 Å². The van der Waals surface area contributed by atoms with Gasteiger partial charge in [0, 0.05) is 31.7 Å². The average Bonchev–Trinajstić information content (AvgIpc) is 3.07. The number of aryl methyl sites for hydroxylation is 2. The van der Waals surface area contributed by atoms with Crippen molar-refractivity contribution in [2.75, 3.05) is 19.7 Å². The van der Waals surface area contributed by atoms with Crippen molar-refractivity contribution >= 4 is 5.91 Å². The van der Waals surface area contributed by atoms with Crippen molar-refractivity contribution < 1.29 is 9.53 Å². The molecular formula is C13H17N5O2. The summed E-state index contributed by atoms with van der Waals surface area (Å²) >= 11 is 0. The molecule has 1 saturated heterocycles. The second kappa shape index (κ2) is 5.09. The van der Waals surface area contributed by atoms with Gasteiger partial charge in [0.2, 0.25) is 0 Å². The van der Waals surface area contributed by atoms with Crippen LogP contribution in [0, 0.1) is 6.92 Å². The number of nitrogens with zero attached hydrogens (tertiary/aromatic N) is 4. The van der Waals surface area contributed by atoms with Crippen molar-refractivity contribution in [1.82, 2.24) is 24.6 Å². The Bertz CT molecular complexity index is 618. The number of ether oxygens (including phenoxy) is 1. The topological polar surface area (TPSA) is 76.0 Å². The van der Waals surface area contributed by atoms with Crippen LogP contribution in [0.15, 0.2) is 18.5 Å². The van der Waals surface area contributed by atoms with Crippen LogP contribution in [-0.2, 0) is 11.8 Å². The monoisotopic (exact) mass is 275 g/mol. The molecule has 0 radical (unpaired) electrons. The summed E-state index contributed by atoms with van der Waals surface area (Å²) in [5, 5.41) is 4.15. The van der Waals surface area contributed by atoms with Gasteiger partial charge in [-0.2, -0.15) is 5.10 Å². The SMILES string of the molecule is Cc1cnc([C@@H]2CN(C(=O)c3ccn(C)n3)CCO2)[nH]1. The predicted octanol–water partition coefficient (Wildman–Crippen LogP) is 0.665. The number of nitrogens with one attached hydrogen (secondary N) is 1. The minimum absolute atomic E-state index is 0.0674. The van der Waals surface area contributed by atoms with Crippen molar-refractivity contribution in [3.05, 3.63) is 35.7 Å². The Morgan fingerprint density at radius 3 is 3.05 bits per heavy atom. The highest BCUT2D eigenvalue weighted by atomic mass is 16.5. The van der Waals surface area contributed by atoms with Gasteiger partial charge >= 0.3 is 0 Å². The highest BCUT2D eigenvalue weighted by molar-refractivity contribution is 5.92. The summed E-state index contributed by atoms with van der Waals surface area (Å²) in [6, 6.07) is 1.73. The van der Waals surface area contributed by atoms with E-state index < -0.39 is 0 Å². The number of rotatable bonds is 2. The molecular weight excluding hydrogens is 258 g/mol. The number of carbonyl (C=O) groups is 1. The van der Waals surface area contributed by atoms with Gasteiger partial charge in [0.05, 0.1) is 13.2 Å². The van der Waals surface area contributed by atoms with E-state index in [2.05, 4.69) is 15.1 Å². The average molecular weight is 275 g/mol. The molecule has 0 aliphatic carbocycles. The number of morpholine rings is 1. The van der Waals surface area contributed by atoms with Gasteiger partial charge in [-0.05, 0) is 13.0 Å². The molecule has 0 bridgehead atoms. The Hall–Kier alpha value is -2.15. The molecule has 0 unspecified atom stereocenters. The van der Waals surface area contributed by atoms with Crippen LogP contribution in [0.4, 0.5) is 0 Å². The third-order valence-electron chi connectivity index (χ3n) is 3.31. The third kappa shape index (κ3) is 2.44. The molecule has 1 N–H and O–H groups in total. The first-order valence-corrected chi connectivity index (χ1v) is 6.55. The predicted molar refractivity (Wildman–Crippen MR) is 71.1 cm³/mol. The van der Waals surface area contributed by atoms with Gasteiger partial charge in [0.25, 0.3) is 5.91 Å². The second-order valence-corrected chi connectivity index (χ2v) is 4.94. The minimum atomic E-state index is -0.204. The molecule has 1 amide bonds. The number of aromatic amines is 1. The minimum Gasteiger partial charge on any atom is -0.367 e. The van der Waals surface area contributed by atoms with Gasteiger partial charge in [-0.15, -0.1) is 0 Å². The fourth-order valence-corrected chi connectivity index (χ4v) is 2.29. The molecule has 3 heterocycles. The number of hydrogen-bond donors (Lipinski definition) is 1. The quantitative estimate of drug-likeness (QED) is 0.873. The Balaban J connectivity index is 1.73. The molecule has 1 fully saturated rings. The van der Waals surface area contributed by atoms with E-state index in [1.54, 1.807) is 35.1 Å². The zero-order valence-electron chi connectivity index (χ0n) is 11.5. The van der Waals surface area contributed by atoms with Crippen molar-refractivity contribution in [2.45, 2.75) is 13.0 Å². The van der Waals surface area contributed by atoms with Crippen molar-refractivity contribution in [2.24, 2.45) is 7.05 Å². The molecule has 20 heavy (non-hydrogen) atoms. The highest BCUT2D eigenvalue weighted by Crippen LogP contribution is 2.20. The summed E-state index contributed by atoms with van der Waals surface area (Å²) in [5.41, 5.74) is 1.44. The van der Waals surface area contributed by atoms with E-state index in [1.165, 1.54) is 0 Å². The number of aromatic nitrogens is 4. The Kier molecular flexibility index (Phi) is 3.27. The number of amides is 1. The largest absolute Gasteiger partial charge is 0.367 e. The first kappa shape index (κ1) is 12.9. The van der Waals surface area contributed by atoms with Crippen LogP contribution in [0.25, 0.3) is 0 Å². The fourth-order valence-electron chi connectivity index (χ4n) is 2.29. The molecule has 0 aromatic carbocycles. The van der Waals surface area contributed by atoms with E-state index in [9.17, 15) is 4.79 Å². The van der Waals surface area contributed by atoms with E-state index in [4.69, 9.17) is 4.74 Å². The summed E-state index contributed by atoms with van der Waals surface area (Å²) < 4.78 is 7.31. The van der Waals surface area contributed by atoms with Crippen molar-refractivity contribution in [3.8, 4) is 0 Å². The summed E-state index contributed by atoms with van der Waals surface area (Å²) in [7, 11) is 1.80. The normalized spacial score (nSPS) is 19.3. The van der Waals surface area contributed by atoms with Crippen LogP contribution in [-0.4, -0.2) is 50.3 Å². The van der Waals surface area contributed by atoms with Gasteiger partial charge in [0.15, 0.2) is 0 Å². The van der Waals surface area contributed by atoms with Gasteiger partial charge in [0.1, 0.15) is 17.6 Å². The van der Waals surface area contributed by atoms with Gasteiger partial charge in [-0.25, -0.2) is 4.98 Å². The number of imidazole rings is 1. The molecule has 1 aliphatic heterocycles. The Morgan fingerprint density at radius 2 is 2.40 bits per heavy atom. The third-order valence-corrected chi connectivity index (χ3v) is 3.31. The zero-order valence-corrected chi connectivity index (χ0v) is 11.5. The molecule has 1 atom stereocenters. The lowest BCUT2D eigenvalue weighted by Gasteiger charge is -2.31. The lowest BCUT2D eigenvalue weighted by Crippen LogP contribution is -2.42. The fraction of sp³-hybridized carbons (Fsp3) is 0.462. The number of hydrogen-bond acceptors (Lipinski definition) is 4. The Morgan fingerprint density at radius 1 is 1.55 bits per heavy atom. The van der Waals surface area contributed by atoms with Crippen LogP contribution in [0.1, 0.15) is 28.1 Å². The lowest BCUT2D eigenvalue weighted by molar-refractivity contribution is -0.0266. The summed E-state index contributed by atoms with van der Waals surface area (Å²) in [4.78, 5) is 21.5. The Labute approximate surface area is 116 Å². The van der Waals surface area contributed by atoms with Gasteiger partial charge in [-0.1, -0.05) is 0 Å². The highest BCUT2D eigenvalue weighted by Gasteiger charge is 2.28. The van der Waals surface area contributed by atoms with Crippen LogP contribution >= 0.6 is 0 Å². The number of H-pyrrole nitrogens is 1. The molecule has 0 spiro atoms. The number of carbonyl (C=O) groups excluding carboxylic acids is 1. The smallest absolute Gasteiger partial charge is 0.274 e. The molecule has 106 valence electrons.